The van der Waals surface area contributed by atoms with E-state index in [9.17, 15) is 0 Å². The maximum atomic E-state index is 5.85. The van der Waals surface area contributed by atoms with Crippen LogP contribution < -0.4 is 11.1 Å². The van der Waals surface area contributed by atoms with Crippen LogP contribution in [0.3, 0.4) is 0 Å². The van der Waals surface area contributed by atoms with Crippen molar-refractivity contribution < 1.29 is 4.74 Å². The zero-order valence-corrected chi connectivity index (χ0v) is 12.1. The van der Waals surface area contributed by atoms with E-state index in [4.69, 9.17) is 10.5 Å². The first-order valence-corrected chi connectivity index (χ1v) is 6.57. The molecule has 0 aliphatic heterocycles. The summed E-state index contributed by atoms with van der Waals surface area (Å²) in [5.74, 6) is 0. The quantitative estimate of drug-likeness (QED) is 0.757. The number of rotatable bonds is 7. The van der Waals surface area contributed by atoms with Crippen molar-refractivity contribution in [1.82, 2.24) is 5.32 Å². The fraction of sp³-hybridized carbons (Fsp3) is 0.538. The smallest absolute Gasteiger partial charge is 0.0587 e. The summed E-state index contributed by atoms with van der Waals surface area (Å²) in [6, 6.07) is 8.36. The summed E-state index contributed by atoms with van der Waals surface area (Å²) < 4.78 is 6.14. The van der Waals surface area contributed by atoms with E-state index < -0.39 is 0 Å². The predicted molar refractivity (Wildman–Crippen MR) is 75.2 cm³/mol. The highest BCUT2D eigenvalue weighted by Gasteiger charge is 2.21. The van der Waals surface area contributed by atoms with Crippen LogP contribution in [0.2, 0.25) is 0 Å². The molecule has 3 N–H and O–H groups in total. The second-order valence-electron chi connectivity index (χ2n) is 4.49. The van der Waals surface area contributed by atoms with Crippen molar-refractivity contribution in [2.45, 2.75) is 18.9 Å². The van der Waals surface area contributed by atoms with Gasteiger partial charge in [-0.2, -0.15) is 0 Å². The summed E-state index contributed by atoms with van der Waals surface area (Å²) in [4.78, 5) is 0. The summed E-state index contributed by atoms with van der Waals surface area (Å²) >= 11 is 3.44. The first-order valence-electron chi connectivity index (χ1n) is 5.78. The lowest BCUT2D eigenvalue weighted by atomic mass is 9.93. The Morgan fingerprint density at radius 3 is 2.53 bits per heavy atom. The molecule has 0 aromatic heterocycles. The topological polar surface area (TPSA) is 47.3 Å². The molecule has 0 saturated heterocycles. The van der Waals surface area contributed by atoms with Gasteiger partial charge in [-0.05, 0) is 31.0 Å². The molecule has 1 atom stereocenters. The van der Waals surface area contributed by atoms with Crippen LogP contribution in [-0.2, 0) is 11.2 Å². The molecular weight excluding hydrogens is 280 g/mol. The summed E-state index contributed by atoms with van der Waals surface area (Å²) in [6.07, 6.45) is 0.917. The molecule has 0 heterocycles. The van der Waals surface area contributed by atoms with Crippen LogP contribution in [-0.4, -0.2) is 32.3 Å². The fourth-order valence-corrected chi connectivity index (χ4v) is 1.98. The lowest BCUT2D eigenvalue weighted by Gasteiger charge is -2.29. The molecule has 0 fully saturated rings. The molecule has 0 bridgehead atoms. The first-order chi connectivity index (χ1) is 8.09. The van der Waals surface area contributed by atoms with Gasteiger partial charge in [-0.25, -0.2) is 0 Å². The Bertz CT molecular complexity index is 329. The van der Waals surface area contributed by atoms with Crippen molar-refractivity contribution >= 4 is 15.9 Å². The Labute approximate surface area is 112 Å². The molecule has 0 saturated carbocycles. The van der Waals surface area contributed by atoms with Crippen molar-refractivity contribution in [1.29, 1.82) is 0 Å². The van der Waals surface area contributed by atoms with Crippen LogP contribution in [0.1, 0.15) is 12.5 Å². The zero-order chi connectivity index (χ0) is 12.7. The lowest BCUT2D eigenvalue weighted by molar-refractivity contribution is 0.186. The zero-order valence-electron chi connectivity index (χ0n) is 10.5. The highest BCUT2D eigenvalue weighted by Crippen LogP contribution is 2.15. The third-order valence-corrected chi connectivity index (χ3v) is 3.34. The highest BCUT2D eigenvalue weighted by atomic mass is 79.9. The van der Waals surface area contributed by atoms with Crippen molar-refractivity contribution in [3.05, 3.63) is 34.3 Å². The van der Waals surface area contributed by atoms with Gasteiger partial charge in [0.15, 0.2) is 0 Å². The molecule has 1 rings (SSSR count). The third kappa shape index (κ3) is 5.17. The number of hydrogen-bond acceptors (Lipinski definition) is 3. The Hall–Kier alpha value is -0.420. The van der Waals surface area contributed by atoms with E-state index in [1.807, 2.05) is 0 Å². The number of ether oxygens (including phenoxy) is 1. The molecule has 3 nitrogen and oxygen atoms in total. The molecule has 1 unspecified atom stereocenters. The maximum Gasteiger partial charge on any atom is 0.0587 e. The lowest BCUT2D eigenvalue weighted by Crippen LogP contribution is -2.51. The molecule has 96 valence electrons. The van der Waals surface area contributed by atoms with E-state index in [0.717, 1.165) is 17.4 Å². The average Bonchev–Trinajstić information content (AvgIpc) is 2.33. The molecule has 1 aromatic carbocycles. The number of hydrogen-bond donors (Lipinski definition) is 2. The molecule has 0 amide bonds. The van der Waals surface area contributed by atoms with Crippen LogP contribution in [0.15, 0.2) is 28.7 Å². The standard InChI is InChI=1S/C13H21BrN2O/c1-13(10-15,16-7-8-17-2)9-11-3-5-12(14)6-4-11/h3-6,16H,7-10,15H2,1-2H3. The van der Waals surface area contributed by atoms with E-state index in [2.05, 4.69) is 52.4 Å². The van der Waals surface area contributed by atoms with Crippen LogP contribution in [0.5, 0.6) is 0 Å². The second-order valence-corrected chi connectivity index (χ2v) is 5.40. The minimum Gasteiger partial charge on any atom is -0.383 e. The Morgan fingerprint density at radius 2 is 2.00 bits per heavy atom. The van der Waals surface area contributed by atoms with E-state index in [1.54, 1.807) is 7.11 Å². The Kier molecular flexibility index (Phi) is 6.12. The molecule has 1 aromatic rings. The van der Waals surface area contributed by atoms with Gasteiger partial charge in [0.1, 0.15) is 0 Å². The fourth-order valence-electron chi connectivity index (χ4n) is 1.71. The van der Waals surface area contributed by atoms with Gasteiger partial charge in [-0.15, -0.1) is 0 Å². The third-order valence-electron chi connectivity index (χ3n) is 2.82. The molecule has 0 spiro atoms. The van der Waals surface area contributed by atoms with Gasteiger partial charge in [0.25, 0.3) is 0 Å². The Balaban J connectivity index is 2.58. The van der Waals surface area contributed by atoms with Crippen LogP contribution in [0.25, 0.3) is 0 Å². The van der Waals surface area contributed by atoms with Crippen LogP contribution >= 0.6 is 15.9 Å². The highest BCUT2D eigenvalue weighted by molar-refractivity contribution is 9.10. The largest absolute Gasteiger partial charge is 0.383 e. The summed E-state index contributed by atoms with van der Waals surface area (Å²) in [6.45, 7) is 4.27. The molecular formula is C13H21BrN2O. The SMILES string of the molecule is COCCNC(C)(CN)Cc1ccc(Br)cc1. The number of halogens is 1. The summed E-state index contributed by atoms with van der Waals surface area (Å²) in [5.41, 5.74) is 7.06. The molecule has 17 heavy (non-hydrogen) atoms. The monoisotopic (exact) mass is 300 g/mol. The van der Waals surface area contributed by atoms with Gasteiger partial charge in [0.2, 0.25) is 0 Å². The van der Waals surface area contributed by atoms with Gasteiger partial charge in [-0.1, -0.05) is 28.1 Å². The number of nitrogens with one attached hydrogen (secondary N) is 1. The normalized spacial score (nSPS) is 14.6. The molecule has 4 heteroatoms. The first kappa shape index (κ1) is 14.6. The van der Waals surface area contributed by atoms with Gasteiger partial charge in [0.05, 0.1) is 6.61 Å². The minimum atomic E-state index is -0.0770. The van der Waals surface area contributed by atoms with Gasteiger partial charge < -0.3 is 15.8 Å². The van der Waals surface area contributed by atoms with Crippen molar-refractivity contribution in [2.75, 3.05) is 26.8 Å². The van der Waals surface area contributed by atoms with E-state index in [-0.39, 0.29) is 5.54 Å². The molecule has 0 aliphatic rings. The summed E-state index contributed by atoms with van der Waals surface area (Å²) in [5, 5.41) is 3.45. The Morgan fingerprint density at radius 1 is 1.35 bits per heavy atom. The van der Waals surface area contributed by atoms with E-state index in [0.29, 0.717) is 13.2 Å². The van der Waals surface area contributed by atoms with Crippen molar-refractivity contribution in [3.63, 3.8) is 0 Å². The van der Waals surface area contributed by atoms with E-state index in [1.165, 1.54) is 5.56 Å². The number of benzene rings is 1. The molecule has 0 radical (unpaired) electrons. The number of nitrogens with two attached hydrogens (primary N) is 1. The van der Waals surface area contributed by atoms with Crippen molar-refractivity contribution in [3.8, 4) is 0 Å². The molecule has 0 aliphatic carbocycles. The average molecular weight is 301 g/mol. The van der Waals surface area contributed by atoms with Gasteiger partial charge in [-0.3, -0.25) is 0 Å². The van der Waals surface area contributed by atoms with E-state index >= 15 is 0 Å². The van der Waals surface area contributed by atoms with Gasteiger partial charge in [0, 0.05) is 30.2 Å². The van der Waals surface area contributed by atoms with Crippen LogP contribution in [0, 0.1) is 0 Å². The van der Waals surface area contributed by atoms with Crippen molar-refractivity contribution in [2.24, 2.45) is 5.73 Å². The summed E-state index contributed by atoms with van der Waals surface area (Å²) in [7, 11) is 1.70. The minimum absolute atomic E-state index is 0.0770. The maximum absolute atomic E-state index is 5.85. The van der Waals surface area contributed by atoms with Gasteiger partial charge >= 0.3 is 0 Å². The second kappa shape index (κ2) is 7.11. The predicted octanol–water partition coefficient (Wildman–Crippen LogP) is 1.95. The number of methoxy groups -OCH3 is 1. The van der Waals surface area contributed by atoms with Crippen LogP contribution in [0.4, 0.5) is 0 Å².